The van der Waals surface area contributed by atoms with Gasteiger partial charge in [-0.05, 0) is 23.3 Å². The summed E-state index contributed by atoms with van der Waals surface area (Å²) in [6.45, 7) is 0. The molecule has 1 atom stereocenters. The summed E-state index contributed by atoms with van der Waals surface area (Å²) in [4.78, 5) is 22.5. The topological polar surface area (TPSA) is 148 Å². The zero-order valence-electron chi connectivity index (χ0n) is 14.0. The number of hydrogen-bond acceptors (Lipinski definition) is 6. The predicted octanol–water partition coefficient (Wildman–Crippen LogP) is 0.411. The Morgan fingerprint density at radius 2 is 1.85 bits per heavy atom. The summed E-state index contributed by atoms with van der Waals surface area (Å²) < 4.78 is 33.0. The van der Waals surface area contributed by atoms with Crippen LogP contribution in [-0.4, -0.2) is 31.5 Å². The first-order valence-electron chi connectivity index (χ1n) is 7.93. The van der Waals surface area contributed by atoms with Gasteiger partial charge in [0.2, 0.25) is 21.8 Å². The molecule has 0 spiro atoms. The lowest BCUT2D eigenvalue weighted by Gasteiger charge is -2.21. The van der Waals surface area contributed by atoms with E-state index in [9.17, 15) is 18.0 Å². The van der Waals surface area contributed by atoms with E-state index in [1.54, 1.807) is 12.1 Å². The maximum Gasteiger partial charge on any atom is 0.245 e. The van der Waals surface area contributed by atoms with Gasteiger partial charge in [-0.3, -0.25) is 14.8 Å². The zero-order chi connectivity index (χ0) is 19.6. The minimum Gasteiger partial charge on any atom is -0.457 e. The molecule has 10 heteroatoms. The number of carbonyl (C=O) groups is 2. The molecule has 5 N–H and O–H groups in total. The number of rotatable bonds is 6. The van der Waals surface area contributed by atoms with Crippen LogP contribution >= 0.6 is 0 Å². The Labute approximate surface area is 155 Å². The molecule has 0 aliphatic carbocycles. The van der Waals surface area contributed by atoms with Gasteiger partial charge in [0, 0.05) is 12.5 Å². The van der Waals surface area contributed by atoms with Gasteiger partial charge in [0.1, 0.15) is 17.5 Å². The van der Waals surface area contributed by atoms with Gasteiger partial charge in [-0.2, -0.15) is 4.72 Å². The molecule has 2 aromatic rings. The van der Waals surface area contributed by atoms with Gasteiger partial charge in [0.25, 0.3) is 0 Å². The predicted molar refractivity (Wildman–Crippen MR) is 93.6 cm³/mol. The molecule has 9 nitrogen and oxygen atoms in total. The zero-order valence-corrected chi connectivity index (χ0v) is 14.8. The molecule has 0 saturated heterocycles. The molecule has 0 aromatic heterocycles. The summed E-state index contributed by atoms with van der Waals surface area (Å²) in [5, 5.41) is 8.55. The first-order valence-corrected chi connectivity index (χ1v) is 9.42. The number of nitrogens with one attached hydrogen (secondary N) is 2. The van der Waals surface area contributed by atoms with Crippen LogP contribution in [0.3, 0.4) is 0 Å². The van der Waals surface area contributed by atoms with Crippen LogP contribution in [0.5, 0.6) is 11.5 Å². The monoisotopic (exact) mass is 391 g/mol. The van der Waals surface area contributed by atoms with Gasteiger partial charge >= 0.3 is 0 Å². The minimum atomic E-state index is -4.16. The number of sulfonamides is 1. The summed E-state index contributed by atoms with van der Waals surface area (Å²) in [6.07, 6.45) is -0.0419. The molecule has 0 radical (unpaired) electrons. The van der Waals surface area contributed by atoms with Crippen LogP contribution in [0.4, 0.5) is 0 Å². The second-order valence-corrected chi connectivity index (χ2v) is 7.69. The van der Waals surface area contributed by atoms with Crippen molar-refractivity contribution >= 4 is 21.8 Å². The number of hydrogen-bond donors (Lipinski definition) is 4. The van der Waals surface area contributed by atoms with E-state index in [1.165, 1.54) is 17.6 Å². The quantitative estimate of drug-likeness (QED) is 0.353. The highest BCUT2D eigenvalue weighted by Gasteiger charge is 2.27. The smallest absolute Gasteiger partial charge is 0.245 e. The second kappa shape index (κ2) is 7.35. The summed E-state index contributed by atoms with van der Waals surface area (Å²) in [5.41, 5.74) is 8.27. The van der Waals surface area contributed by atoms with Gasteiger partial charge in [-0.25, -0.2) is 13.9 Å². The average Bonchev–Trinajstić information content (AvgIpc) is 2.64. The lowest BCUT2D eigenvalue weighted by atomic mass is 10.0. The highest BCUT2D eigenvalue weighted by Crippen LogP contribution is 2.37. The largest absolute Gasteiger partial charge is 0.457 e. The van der Waals surface area contributed by atoms with Gasteiger partial charge in [0.05, 0.1) is 11.3 Å². The Bertz CT molecular complexity index is 1010. The lowest BCUT2D eigenvalue weighted by Crippen LogP contribution is -2.46. The van der Waals surface area contributed by atoms with Crippen LogP contribution in [0.2, 0.25) is 0 Å². The Kier molecular flexibility index (Phi) is 5.13. The van der Waals surface area contributed by atoms with Crippen LogP contribution in [0.1, 0.15) is 17.5 Å². The van der Waals surface area contributed by atoms with Crippen LogP contribution in [0.25, 0.3) is 0 Å². The lowest BCUT2D eigenvalue weighted by molar-refractivity contribution is -0.132. The molecule has 1 aliphatic heterocycles. The first kappa shape index (κ1) is 18.8. The second-order valence-electron chi connectivity index (χ2n) is 5.97. The summed E-state index contributed by atoms with van der Waals surface area (Å²) >= 11 is 0. The Balaban J connectivity index is 1.86. The van der Waals surface area contributed by atoms with Crippen LogP contribution < -0.4 is 20.7 Å². The molecular weight excluding hydrogens is 374 g/mol. The van der Waals surface area contributed by atoms with Crippen molar-refractivity contribution in [3.63, 3.8) is 0 Å². The maximum atomic E-state index is 12.6. The number of nitrogens with two attached hydrogens (primary N) is 1. The Morgan fingerprint density at radius 3 is 2.56 bits per heavy atom. The van der Waals surface area contributed by atoms with Crippen molar-refractivity contribution < 1.29 is 28.0 Å². The molecule has 0 fully saturated rings. The standard InChI is InChI=1S/C17H17N3O6S/c18-17(22)13(9-16(21)19-23)20-27(24,25)12-6-5-11-7-10-3-1-2-4-14(10)26-15(11)8-12/h1-6,8,13,20,23H,7,9H2,(H2,18,22)(H,19,21)/t13-/m0/s1. The van der Waals surface area contributed by atoms with Crippen molar-refractivity contribution in [1.29, 1.82) is 0 Å². The molecule has 0 saturated carbocycles. The van der Waals surface area contributed by atoms with Gasteiger partial charge < -0.3 is 10.5 Å². The Morgan fingerprint density at radius 1 is 1.15 bits per heavy atom. The fraction of sp³-hybridized carbons (Fsp3) is 0.176. The highest BCUT2D eigenvalue weighted by molar-refractivity contribution is 7.89. The van der Waals surface area contributed by atoms with Crippen molar-refractivity contribution in [2.24, 2.45) is 5.73 Å². The van der Waals surface area contributed by atoms with Gasteiger partial charge in [-0.15, -0.1) is 0 Å². The average molecular weight is 391 g/mol. The fourth-order valence-corrected chi connectivity index (χ4v) is 3.92. The number of para-hydroxylation sites is 1. The van der Waals surface area contributed by atoms with E-state index < -0.39 is 34.3 Å². The first-order chi connectivity index (χ1) is 12.8. The Hall–Kier alpha value is -2.95. The highest BCUT2D eigenvalue weighted by atomic mass is 32.2. The third-order valence-corrected chi connectivity index (χ3v) is 5.55. The fourth-order valence-electron chi connectivity index (χ4n) is 2.70. The van der Waals surface area contributed by atoms with Crippen molar-refractivity contribution in [1.82, 2.24) is 10.2 Å². The molecule has 2 amide bonds. The summed E-state index contributed by atoms with van der Waals surface area (Å²) in [7, 11) is -4.16. The van der Waals surface area contributed by atoms with E-state index >= 15 is 0 Å². The van der Waals surface area contributed by atoms with E-state index in [2.05, 4.69) is 4.72 Å². The molecule has 0 unspecified atom stereocenters. The van der Waals surface area contributed by atoms with Crippen molar-refractivity contribution in [3.05, 3.63) is 53.6 Å². The third-order valence-electron chi connectivity index (χ3n) is 4.08. The number of hydroxylamine groups is 1. The number of primary amides is 1. The normalized spacial score (nSPS) is 13.7. The molecule has 142 valence electrons. The molecule has 2 aromatic carbocycles. The number of benzene rings is 2. The van der Waals surface area contributed by atoms with Crippen LogP contribution in [0, 0.1) is 0 Å². The molecular formula is C17H17N3O6S. The van der Waals surface area contributed by atoms with Crippen LogP contribution in [0.15, 0.2) is 47.4 Å². The SMILES string of the molecule is NC(=O)[C@H](CC(=O)NO)NS(=O)(=O)c1ccc2c(c1)Oc1ccccc1C2. The molecule has 3 rings (SSSR count). The number of amides is 2. The molecule has 1 heterocycles. The van der Waals surface area contributed by atoms with E-state index in [4.69, 9.17) is 15.7 Å². The van der Waals surface area contributed by atoms with Crippen LogP contribution in [-0.2, 0) is 26.0 Å². The number of ether oxygens (including phenoxy) is 1. The molecule has 1 aliphatic rings. The summed E-state index contributed by atoms with van der Waals surface area (Å²) in [5.74, 6) is -0.973. The molecule has 0 bridgehead atoms. The van der Waals surface area contributed by atoms with E-state index in [0.717, 1.165) is 11.1 Å². The van der Waals surface area contributed by atoms with Gasteiger partial charge in [0.15, 0.2) is 0 Å². The van der Waals surface area contributed by atoms with Gasteiger partial charge in [-0.1, -0.05) is 24.3 Å². The molecule has 27 heavy (non-hydrogen) atoms. The van der Waals surface area contributed by atoms with E-state index in [0.29, 0.717) is 17.9 Å². The van der Waals surface area contributed by atoms with Crippen molar-refractivity contribution in [2.75, 3.05) is 0 Å². The van der Waals surface area contributed by atoms with E-state index in [1.807, 2.05) is 18.2 Å². The maximum absolute atomic E-state index is 12.6. The number of carbonyl (C=O) groups excluding carboxylic acids is 2. The number of fused-ring (bicyclic) bond motifs is 2. The van der Waals surface area contributed by atoms with Crippen molar-refractivity contribution in [3.8, 4) is 11.5 Å². The third kappa shape index (κ3) is 4.08. The minimum absolute atomic E-state index is 0.142. The van der Waals surface area contributed by atoms with E-state index in [-0.39, 0.29) is 4.90 Å². The summed E-state index contributed by atoms with van der Waals surface area (Å²) in [6, 6.07) is 10.3. The van der Waals surface area contributed by atoms with Crippen molar-refractivity contribution in [2.45, 2.75) is 23.8 Å².